The monoisotopic (exact) mass is 293 g/mol. The molecule has 0 aromatic heterocycles. The summed E-state index contributed by atoms with van der Waals surface area (Å²) in [7, 11) is 0. The SMILES string of the molecule is CC(N)c1ccc(N2CC3CCCN3CC2C)cc1Cl. The minimum Gasteiger partial charge on any atom is -0.366 e. The molecule has 0 radical (unpaired) electrons. The van der Waals surface area contributed by atoms with Gasteiger partial charge in [0.1, 0.15) is 0 Å². The Morgan fingerprint density at radius 1 is 1.35 bits per heavy atom. The normalized spacial score (nSPS) is 28.5. The molecule has 2 saturated heterocycles. The Morgan fingerprint density at radius 3 is 2.85 bits per heavy atom. The van der Waals surface area contributed by atoms with Crippen LogP contribution in [-0.4, -0.2) is 36.6 Å². The van der Waals surface area contributed by atoms with Crippen molar-refractivity contribution < 1.29 is 0 Å². The minimum atomic E-state index is -0.0133. The summed E-state index contributed by atoms with van der Waals surface area (Å²) in [5.41, 5.74) is 8.20. The number of fused-ring (bicyclic) bond motifs is 1. The fourth-order valence-corrected chi connectivity index (χ4v) is 3.96. The summed E-state index contributed by atoms with van der Waals surface area (Å²) in [4.78, 5) is 5.14. The van der Waals surface area contributed by atoms with E-state index in [1.165, 1.54) is 25.1 Å². The Bertz CT molecular complexity index is 489. The van der Waals surface area contributed by atoms with Gasteiger partial charge in [0.05, 0.1) is 0 Å². The average Bonchev–Trinajstić information content (AvgIpc) is 2.84. The molecule has 2 aliphatic rings. The van der Waals surface area contributed by atoms with E-state index >= 15 is 0 Å². The van der Waals surface area contributed by atoms with Crippen LogP contribution in [0.2, 0.25) is 5.02 Å². The molecule has 0 amide bonds. The van der Waals surface area contributed by atoms with E-state index in [0.717, 1.165) is 29.7 Å². The lowest BCUT2D eigenvalue weighted by atomic mass is 10.0. The third-order valence-corrected chi connectivity index (χ3v) is 5.07. The van der Waals surface area contributed by atoms with Crippen molar-refractivity contribution in [2.75, 3.05) is 24.5 Å². The molecule has 2 fully saturated rings. The smallest absolute Gasteiger partial charge is 0.0474 e. The van der Waals surface area contributed by atoms with Crippen LogP contribution in [-0.2, 0) is 0 Å². The first kappa shape index (κ1) is 14.2. The van der Waals surface area contributed by atoms with Crippen LogP contribution in [0.1, 0.15) is 38.3 Å². The number of nitrogens with zero attached hydrogens (tertiary/aromatic N) is 2. The Morgan fingerprint density at radius 2 is 2.15 bits per heavy atom. The zero-order valence-electron chi connectivity index (χ0n) is 12.3. The number of benzene rings is 1. The summed E-state index contributed by atoms with van der Waals surface area (Å²) in [6, 6.07) is 7.59. The van der Waals surface area contributed by atoms with Crippen molar-refractivity contribution in [1.82, 2.24) is 4.90 Å². The lowest BCUT2D eigenvalue weighted by Crippen LogP contribution is -2.55. The van der Waals surface area contributed by atoms with Crippen molar-refractivity contribution in [3.05, 3.63) is 28.8 Å². The molecule has 1 aromatic carbocycles. The second kappa shape index (κ2) is 5.55. The van der Waals surface area contributed by atoms with Crippen LogP contribution in [0.3, 0.4) is 0 Å². The molecule has 0 saturated carbocycles. The highest BCUT2D eigenvalue weighted by molar-refractivity contribution is 6.31. The van der Waals surface area contributed by atoms with Gasteiger partial charge in [-0.2, -0.15) is 0 Å². The van der Waals surface area contributed by atoms with Crippen molar-refractivity contribution in [1.29, 1.82) is 0 Å². The van der Waals surface area contributed by atoms with Crippen molar-refractivity contribution in [2.45, 2.75) is 44.8 Å². The van der Waals surface area contributed by atoms with E-state index in [-0.39, 0.29) is 6.04 Å². The summed E-state index contributed by atoms with van der Waals surface area (Å²) in [6.07, 6.45) is 2.67. The number of nitrogens with two attached hydrogens (primary N) is 1. The Labute approximate surface area is 126 Å². The third-order valence-electron chi connectivity index (χ3n) is 4.74. The van der Waals surface area contributed by atoms with Crippen LogP contribution in [0.15, 0.2) is 18.2 Å². The van der Waals surface area contributed by atoms with Crippen LogP contribution in [0.4, 0.5) is 5.69 Å². The molecule has 110 valence electrons. The molecule has 1 aromatic rings. The molecule has 2 aliphatic heterocycles. The summed E-state index contributed by atoms with van der Waals surface area (Å²) in [6.45, 7) is 7.84. The zero-order valence-corrected chi connectivity index (χ0v) is 13.1. The van der Waals surface area contributed by atoms with E-state index < -0.39 is 0 Å². The van der Waals surface area contributed by atoms with E-state index in [2.05, 4.69) is 34.9 Å². The summed E-state index contributed by atoms with van der Waals surface area (Å²) < 4.78 is 0. The van der Waals surface area contributed by atoms with E-state index in [9.17, 15) is 0 Å². The average molecular weight is 294 g/mol. The molecule has 0 aliphatic carbocycles. The zero-order chi connectivity index (χ0) is 14.3. The summed E-state index contributed by atoms with van der Waals surface area (Å²) in [5.74, 6) is 0. The molecule has 2 heterocycles. The second-order valence-electron chi connectivity index (χ2n) is 6.29. The molecule has 20 heavy (non-hydrogen) atoms. The highest BCUT2D eigenvalue weighted by Crippen LogP contribution is 2.32. The van der Waals surface area contributed by atoms with Crippen LogP contribution in [0.5, 0.6) is 0 Å². The number of piperazine rings is 1. The largest absolute Gasteiger partial charge is 0.366 e. The molecule has 2 N–H and O–H groups in total. The van der Waals surface area contributed by atoms with Crippen LogP contribution in [0.25, 0.3) is 0 Å². The molecular weight excluding hydrogens is 270 g/mol. The number of hydrogen-bond acceptors (Lipinski definition) is 3. The van der Waals surface area contributed by atoms with Crippen LogP contribution in [0, 0.1) is 0 Å². The van der Waals surface area contributed by atoms with Gasteiger partial charge < -0.3 is 10.6 Å². The second-order valence-corrected chi connectivity index (χ2v) is 6.69. The first-order chi connectivity index (χ1) is 9.56. The molecule has 3 unspecified atom stereocenters. The maximum absolute atomic E-state index is 6.39. The van der Waals surface area contributed by atoms with Gasteiger partial charge in [0.25, 0.3) is 0 Å². The lowest BCUT2D eigenvalue weighted by Gasteiger charge is -2.43. The molecule has 3 nitrogen and oxygen atoms in total. The van der Waals surface area contributed by atoms with E-state index in [4.69, 9.17) is 17.3 Å². The number of hydrogen-bond donors (Lipinski definition) is 1. The molecular formula is C16H24ClN3. The van der Waals surface area contributed by atoms with E-state index in [1.54, 1.807) is 0 Å². The van der Waals surface area contributed by atoms with Gasteiger partial charge in [-0.1, -0.05) is 17.7 Å². The standard InChI is InChI=1S/C16H24ClN3/c1-11-9-19-7-3-4-14(19)10-20(11)13-5-6-15(12(2)18)16(17)8-13/h5-6,8,11-12,14H,3-4,7,9-10,18H2,1-2H3. The van der Waals surface area contributed by atoms with E-state index in [1.807, 2.05) is 6.92 Å². The Hall–Kier alpha value is -0.770. The highest BCUT2D eigenvalue weighted by atomic mass is 35.5. The molecule has 0 spiro atoms. The topological polar surface area (TPSA) is 32.5 Å². The van der Waals surface area contributed by atoms with Gasteiger partial charge in [0.2, 0.25) is 0 Å². The molecule has 3 rings (SSSR count). The lowest BCUT2D eigenvalue weighted by molar-refractivity contribution is 0.203. The van der Waals surface area contributed by atoms with Crippen LogP contribution < -0.4 is 10.6 Å². The highest BCUT2D eigenvalue weighted by Gasteiger charge is 2.34. The Balaban J connectivity index is 1.83. The van der Waals surface area contributed by atoms with Crippen LogP contribution >= 0.6 is 11.6 Å². The fourth-order valence-electron chi connectivity index (χ4n) is 3.61. The van der Waals surface area contributed by atoms with Gasteiger partial charge in [-0.05, 0) is 50.9 Å². The minimum absolute atomic E-state index is 0.0133. The molecule has 3 atom stereocenters. The number of rotatable bonds is 2. The molecule has 0 bridgehead atoms. The Kier molecular flexibility index (Phi) is 3.93. The maximum Gasteiger partial charge on any atom is 0.0474 e. The number of anilines is 1. The van der Waals surface area contributed by atoms with Crippen molar-refractivity contribution >= 4 is 17.3 Å². The van der Waals surface area contributed by atoms with Gasteiger partial charge >= 0.3 is 0 Å². The van der Waals surface area contributed by atoms with Gasteiger partial charge in [-0.15, -0.1) is 0 Å². The van der Waals surface area contributed by atoms with Gasteiger partial charge in [0, 0.05) is 41.9 Å². The van der Waals surface area contributed by atoms with Gasteiger partial charge in [0.15, 0.2) is 0 Å². The third kappa shape index (κ3) is 2.54. The predicted octanol–water partition coefficient (Wildman–Crippen LogP) is 3.03. The predicted molar refractivity (Wildman–Crippen MR) is 85.5 cm³/mol. The fraction of sp³-hybridized carbons (Fsp3) is 0.625. The summed E-state index contributed by atoms with van der Waals surface area (Å²) >= 11 is 6.39. The quantitative estimate of drug-likeness (QED) is 0.910. The first-order valence-electron chi connectivity index (χ1n) is 7.62. The van der Waals surface area contributed by atoms with E-state index in [0.29, 0.717) is 6.04 Å². The van der Waals surface area contributed by atoms with Gasteiger partial charge in [-0.25, -0.2) is 0 Å². The van der Waals surface area contributed by atoms with Crippen molar-refractivity contribution in [3.8, 4) is 0 Å². The van der Waals surface area contributed by atoms with Gasteiger partial charge in [-0.3, -0.25) is 4.90 Å². The van der Waals surface area contributed by atoms with Crippen molar-refractivity contribution in [2.24, 2.45) is 5.73 Å². The molecule has 4 heteroatoms. The maximum atomic E-state index is 6.39. The first-order valence-corrected chi connectivity index (χ1v) is 8.00. The summed E-state index contributed by atoms with van der Waals surface area (Å²) in [5, 5.41) is 0.790. The number of halogens is 1. The van der Waals surface area contributed by atoms with Crippen molar-refractivity contribution in [3.63, 3.8) is 0 Å².